The van der Waals surface area contributed by atoms with Crippen molar-refractivity contribution in [3.63, 3.8) is 0 Å². The molecule has 5 rings (SSSR count). The summed E-state index contributed by atoms with van der Waals surface area (Å²) in [6.07, 6.45) is -0.530. The lowest BCUT2D eigenvalue weighted by Gasteiger charge is -2.37. The van der Waals surface area contributed by atoms with Crippen LogP contribution in [0.15, 0.2) is 42.7 Å². The largest absolute Gasteiger partial charge is 0.478 e. The molecule has 0 bridgehead atoms. The van der Waals surface area contributed by atoms with Gasteiger partial charge in [-0.3, -0.25) is 4.90 Å². The van der Waals surface area contributed by atoms with Gasteiger partial charge in [0.25, 0.3) is 5.88 Å². The number of ether oxygens (including phenoxy) is 3. The van der Waals surface area contributed by atoms with Crippen LogP contribution in [0.4, 0.5) is 17.6 Å². The fourth-order valence-electron chi connectivity index (χ4n) is 5.05. The number of pyridine rings is 1. The summed E-state index contributed by atoms with van der Waals surface area (Å²) in [5.41, 5.74) is 1.09. The molecular weight excluding hydrogens is 624 g/mol. The molecule has 1 aliphatic rings. The van der Waals surface area contributed by atoms with Crippen LogP contribution in [-0.4, -0.2) is 78.6 Å². The number of aromatic nitrogens is 5. The lowest BCUT2D eigenvalue weighted by Crippen LogP contribution is -2.44. The van der Waals surface area contributed by atoms with E-state index in [0.29, 0.717) is 48.7 Å². The van der Waals surface area contributed by atoms with Crippen molar-refractivity contribution in [1.82, 2.24) is 29.4 Å². The van der Waals surface area contributed by atoms with Crippen molar-refractivity contribution in [2.45, 2.75) is 57.8 Å². The smallest absolute Gasteiger partial charge is 0.411 e. The van der Waals surface area contributed by atoms with E-state index in [9.17, 15) is 27.5 Å². The van der Waals surface area contributed by atoms with Gasteiger partial charge >= 0.3 is 12.1 Å². The number of benzene rings is 1. The number of likely N-dealkylation sites (tertiary alicyclic amines) is 1. The van der Waals surface area contributed by atoms with E-state index in [0.717, 1.165) is 6.07 Å². The summed E-state index contributed by atoms with van der Waals surface area (Å²) in [4.78, 5) is 30.7. The molecule has 0 saturated carbocycles. The van der Waals surface area contributed by atoms with Gasteiger partial charge in [0, 0.05) is 37.6 Å². The number of carboxylic acids is 1. The second-order valence-electron chi connectivity index (χ2n) is 10.5. The van der Waals surface area contributed by atoms with Crippen LogP contribution in [0.2, 0.25) is 5.02 Å². The molecule has 3 aromatic heterocycles. The van der Waals surface area contributed by atoms with E-state index < -0.39 is 24.6 Å². The Balaban J connectivity index is 1.21. The number of hydrogen-bond acceptors (Lipinski definition) is 9. The van der Waals surface area contributed by atoms with E-state index in [1.54, 1.807) is 16.7 Å². The Bertz CT molecular complexity index is 1660. The Labute approximate surface area is 259 Å². The molecule has 0 amide bonds. The van der Waals surface area contributed by atoms with Crippen molar-refractivity contribution in [2.24, 2.45) is 0 Å². The number of alkyl halides is 3. The summed E-state index contributed by atoms with van der Waals surface area (Å²) in [6, 6.07) is 7.24. The van der Waals surface area contributed by atoms with E-state index >= 15 is 0 Å². The van der Waals surface area contributed by atoms with Gasteiger partial charge in [0.2, 0.25) is 5.88 Å². The first-order chi connectivity index (χ1) is 21.4. The highest BCUT2D eigenvalue weighted by molar-refractivity contribution is 6.30. The minimum atomic E-state index is -4.45. The van der Waals surface area contributed by atoms with Gasteiger partial charge in [-0.25, -0.2) is 24.1 Å². The Morgan fingerprint density at radius 1 is 1.18 bits per heavy atom. The summed E-state index contributed by atoms with van der Waals surface area (Å²) in [7, 11) is 0. The van der Waals surface area contributed by atoms with Gasteiger partial charge in [0.1, 0.15) is 25.1 Å². The first-order valence-electron chi connectivity index (χ1n) is 14.0. The molecule has 1 N–H and O–H groups in total. The van der Waals surface area contributed by atoms with Crippen LogP contribution in [0.5, 0.6) is 11.8 Å². The van der Waals surface area contributed by atoms with Gasteiger partial charge in [-0.1, -0.05) is 11.6 Å². The Morgan fingerprint density at radius 2 is 2.00 bits per heavy atom. The molecule has 1 saturated heterocycles. The van der Waals surface area contributed by atoms with Gasteiger partial charge in [0.15, 0.2) is 11.6 Å². The third-order valence-electron chi connectivity index (χ3n) is 7.19. The van der Waals surface area contributed by atoms with Gasteiger partial charge in [-0.2, -0.15) is 18.2 Å². The lowest BCUT2D eigenvalue weighted by atomic mass is 10.0. The third-order valence-corrected chi connectivity index (χ3v) is 7.40. The van der Waals surface area contributed by atoms with Crippen molar-refractivity contribution < 1.29 is 41.7 Å². The topological polar surface area (TPSA) is 125 Å². The summed E-state index contributed by atoms with van der Waals surface area (Å²) in [6.45, 7) is 1.38. The van der Waals surface area contributed by atoms with Crippen molar-refractivity contribution in [1.29, 1.82) is 0 Å². The van der Waals surface area contributed by atoms with Crippen LogP contribution in [0.25, 0.3) is 11.0 Å². The fraction of sp³-hybridized carbons (Fsp3) is 0.414. The predicted octanol–water partition coefficient (Wildman–Crippen LogP) is 5.30. The predicted molar refractivity (Wildman–Crippen MR) is 153 cm³/mol. The summed E-state index contributed by atoms with van der Waals surface area (Å²) >= 11 is 5.72. The van der Waals surface area contributed by atoms with Gasteiger partial charge < -0.3 is 23.9 Å². The number of fused-ring (bicyclic) bond motifs is 1. The van der Waals surface area contributed by atoms with Crippen LogP contribution < -0.4 is 9.47 Å². The minimum Gasteiger partial charge on any atom is -0.478 e. The molecule has 0 unspecified atom stereocenters. The summed E-state index contributed by atoms with van der Waals surface area (Å²) in [5.74, 6) is -0.842. The monoisotopic (exact) mass is 652 g/mol. The number of carboxylic acid groups (broad SMARTS) is 1. The Hall–Kier alpha value is -4.08. The van der Waals surface area contributed by atoms with E-state index in [1.165, 1.54) is 24.5 Å². The van der Waals surface area contributed by atoms with E-state index in [-0.39, 0.29) is 54.2 Å². The number of nitrogens with zero attached hydrogens (tertiary/aromatic N) is 6. The average Bonchev–Trinajstić information content (AvgIpc) is 3.32. The molecule has 4 aromatic rings. The lowest BCUT2D eigenvalue weighted by molar-refractivity contribution is -0.174. The summed E-state index contributed by atoms with van der Waals surface area (Å²) in [5, 5.41) is 9.59. The second kappa shape index (κ2) is 13.9. The standard InChI is InChI=1S/C29H29ClF4N6O5/c1-17-10-20(45-26-4-6-35-24(38-26)15-44-27-21(31)12-19(30)13-36-27)5-7-39(17)14-25-37-22-3-2-18(28(41)42)11-23(22)40(25)8-9-43-16-29(32,33)34/h2-4,6,11-13,17,20H,5,7-10,14-16H2,1H3,(H,41,42)/t17-,20-/m0/s1. The molecule has 1 fully saturated rings. The molecule has 0 spiro atoms. The van der Waals surface area contributed by atoms with Crippen LogP contribution in [0, 0.1) is 5.82 Å². The first-order valence-corrected chi connectivity index (χ1v) is 14.4. The van der Waals surface area contributed by atoms with Crippen LogP contribution in [-0.2, 0) is 24.4 Å². The van der Waals surface area contributed by atoms with Crippen molar-refractivity contribution in [3.8, 4) is 11.8 Å². The average molecular weight is 653 g/mol. The minimum absolute atomic E-state index is 0.0386. The normalized spacial score (nSPS) is 17.5. The molecule has 4 heterocycles. The highest BCUT2D eigenvalue weighted by Crippen LogP contribution is 2.26. The maximum Gasteiger partial charge on any atom is 0.411 e. The zero-order valence-corrected chi connectivity index (χ0v) is 24.8. The molecule has 16 heteroatoms. The molecule has 1 aliphatic heterocycles. The molecule has 0 radical (unpaired) electrons. The molecule has 1 aromatic carbocycles. The first kappa shape index (κ1) is 32.3. The third kappa shape index (κ3) is 8.55. The molecule has 11 nitrogen and oxygen atoms in total. The number of hydrogen-bond donors (Lipinski definition) is 1. The SMILES string of the molecule is C[C@H]1C[C@@H](Oc2ccnc(COc3ncc(Cl)cc3F)n2)CCN1Cc1nc2ccc(C(=O)O)cc2n1CCOCC(F)(F)F. The van der Waals surface area contributed by atoms with Crippen LogP contribution in [0.1, 0.15) is 41.8 Å². The van der Waals surface area contributed by atoms with Crippen molar-refractivity contribution >= 4 is 28.6 Å². The van der Waals surface area contributed by atoms with E-state index in [1.807, 2.05) is 6.92 Å². The Morgan fingerprint density at radius 3 is 2.73 bits per heavy atom. The second-order valence-corrected chi connectivity index (χ2v) is 10.9. The highest BCUT2D eigenvalue weighted by Gasteiger charge is 2.29. The quantitative estimate of drug-likeness (QED) is 0.159. The maximum atomic E-state index is 14.0. The number of aromatic carboxylic acids is 1. The fourth-order valence-corrected chi connectivity index (χ4v) is 5.19. The number of rotatable bonds is 12. The molecule has 0 aliphatic carbocycles. The number of halogens is 5. The zero-order chi connectivity index (χ0) is 32.1. The molecule has 2 atom stereocenters. The van der Waals surface area contributed by atoms with Gasteiger partial charge in [-0.05, 0) is 44.0 Å². The zero-order valence-electron chi connectivity index (χ0n) is 24.0. The highest BCUT2D eigenvalue weighted by atomic mass is 35.5. The van der Waals surface area contributed by atoms with Crippen molar-refractivity contribution in [3.05, 3.63) is 70.8 Å². The van der Waals surface area contributed by atoms with Crippen LogP contribution >= 0.6 is 11.6 Å². The van der Waals surface area contributed by atoms with E-state index in [4.69, 9.17) is 25.8 Å². The molecule has 240 valence electrons. The Kier molecular flexibility index (Phi) is 9.99. The van der Waals surface area contributed by atoms with Gasteiger partial charge in [0.05, 0.1) is 34.8 Å². The molecule has 45 heavy (non-hydrogen) atoms. The van der Waals surface area contributed by atoms with Crippen LogP contribution in [0.3, 0.4) is 0 Å². The van der Waals surface area contributed by atoms with E-state index in [2.05, 4.69) is 24.8 Å². The number of piperidine rings is 1. The van der Waals surface area contributed by atoms with Gasteiger partial charge in [-0.15, -0.1) is 0 Å². The number of carbonyl (C=O) groups is 1. The summed E-state index contributed by atoms with van der Waals surface area (Å²) < 4.78 is 69.8. The maximum absolute atomic E-state index is 14.0. The van der Waals surface area contributed by atoms with Crippen molar-refractivity contribution in [2.75, 3.05) is 19.8 Å². The molecular formula is C29H29ClF4N6O5. The number of imidazole rings is 1.